The van der Waals surface area contributed by atoms with Crippen LogP contribution in [0.1, 0.15) is 298 Å². The number of fused-ring (bicyclic) bond motifs is 1. The van der Waals surface area contributed by atoms with Gasteiger partial charge in [-0.25, -0.2) is 0 Å². The topological polar surface area (TPSA) is 77.5 Å². The summed E-state index contributed by atoms with van der Waals surface area (Å²) < 4.78 is 28.5. The summed E-state index contributed by atoms with van der Waals surface area (Å²) in [6.07, 6.45) is 39.8. The molecule has 438 valence electrons. The van der Waals surface area contributed by atoms with E-state index < -0.39 is 36.6 Å². The molecule has 78 heavy (non-hydrogen) atoms. The maximum Gasteiger partial charge on any atom is 0.505 e. The lowest BCUT2D eigenvalue weighted by Gasteiger charge is -2.32. The van der Waals surface area contributed by atoms with Crippen molar-refractivity contribution < 1.29 is 28.2 Å². The number of hydrogen-bond donors (Lipinski definition) is 0. The monoisotopic (exact) mass is 1110 g/mol. The van der Waals surface area contributed by atoms with Gasteiger partial charge in [-0.1, -0.05) is 220 Å². The van der Waals surface area contributed by atoms with Crippen LogP contribution in [0, 0.1) is 11.8 Å². The minimum absolute atomic E-state index is 0.0265. The third-order valence-corrected chi connectivity index (χ3v) is 20.8. The Balaban J connectivity index is 1.41. The summed E-state index contributed by atoms with van der Waals surface area (Å²) in [6.45, 7) is 27.2. The molecule has 0 spiro atoms. The number of carbonyl (C=O) groups is 2. The van der Waals surface area contributed by atoms with Crippen molar-refractivity contribution in [3.63, 3.8) is 0 Å². The van der Waals surface area contributed by atoms with Crippen LogP contribution < -0.4 is 9.55 Å². The number of hydrogen-bond acceptors (Lipinski definition) is 8. The second-order valence-electron chi connectivity index (χ2n) is 26.2. The van der Waals surface area contributed by atoms with E-state index in [4.69, 9.17) is 18.6 Å². The van der Waals surface area contributed by atoms with Gasteiger partial charge in [0.15, 0.2) is 0 Å². The number of rotatable bonds is 40. The van der Waals surface area contributed by atoms with Gasteiger partial charge in [-0.2, -0.15) is 0 Å². The predicted octanol–water partition coefficient (Wildman–Crippen LogP) is 18.0. The molecule has 0 N–H and O–H groups in total. The molecule has 2 saturated heterocycles. The first kappa shape index (κ1) is 65.0. The van der Waals surface area contributed by atoms with Crippen molar-refractivity contribution in [1.29, 1.82) is 0 Å². The summed E-state index contributed by atoms with van der Waals surface area (Å²) in [6, 6.07) is 8.50. The lowest BCUT2D eigenvalue weighted by atomic mass is 9.88. The van der Waals surface area contributed by atoms with Crippen LogP contribution in [0.3, 0.4) is 0 Å². The molecule has 6 heterocycles. The van der Waals surface area contributed by atoms with E-state index >= 15 is 9.59 Å². The Morgan fingerprint density at radius 3 is 0.885 bits per heavy atom. The fraction of sp³-hybridized carbons (Fsp3) is 0.788. The van der Waals surface area contributed by atoms with E-state index in [1.54, 1.807) is 22.7 Å². The third kappa shape index (κ3) is 17.4. The molecule has 12 heteroatoms. The van der Waals surface area contributed by atoms with E-state index in [2.05, 4.69) is 117 Å². The van der Waals surface area contributed by atoms with Crippen molar-refractivity contribution in [1.82, 2.24) is 9.80 Å². The zero-order valence-electron chi connectivity index (χ0n) is 51.8. The molecule has 6 rings (SSSR count). The van der Waals surface area contributed by atoms with Gasteiger partial charge < -0.3 is 28.4 Å². The van der Waals surface area contributed by atoms with Crippen LogP contribution in [0.2, 0.25) is 0 Å². The van der Waals surface area contributed by atoms with Crippen LogP contribution >= 0.6 is 22.7 Å². The summed E-state index contributed by atoms with van der Waals surface area (Å²) in [5.41, 5.74) is 0.760. The third-order valence-electron chi connectivity index (χ3n) is 18.6. The second kappa shape index (κ2) is 31.5. The predicted molar refractivity (Wildman–Crippen MR) is 335 cm³/mol. The molecule has 4 aliphatic rings. The molecule has 0 aromatic carbocycles. The van der Waals surface area contributed by atoms with E-state index in [1.807, 2.05) is 0 Å². The Morgan fingerprint density at radius 1 is 0.385 bits per heavy atom. The second-order valence-corrected chi connectivity index (χ2v) is 28.5. The Bertz CT molecular complexity index is 2030. The van der Waals surface area contributed by atoms with Crippen LogP contribution in [0.25, 0.3) is 11.4 Å². The van der Waals surface area contributed by atoms with Crippen LogP contribution in [-0.4, -0.2) is 71.3 Å². The number of carbonyl (C=O) groups excluding carboxylic acids is 2. The molecule has 2 fully saturated rings. The average molecular weight is 1110 g/mol. The van der Waals surface area contributed by atoms with Gasteiger partial charge in [-0.3, -0.25) is 9.59 Å². The largest absolute Gasteiger partial charge is 0.505 e. The fourth-order valence-corrected chi connectivity index (χ4v) is 14.2. The zero-order chi connectivity index (χ0) is 56.4. The molecule has 0 bridgehead atoms. The van der Waals surface area contributed by atoms with E-state index in [9.17, 15) is 0 Å². The standard InChI is InChI=1S/C66H110B2N2O6S2/c1-13-17-21-25-29-31-35-39-43-51(41-37-33-27-23-19-15-3)49-69-59(53-45-47-55(77-53)67-73-63(5,6)64(7,8)74-67)57-58(61(69)71)60(54-46-48-56(78-54)68-75-65(9,10)66(11,12)76-68)70(62(57)72)50-52(42-38-34-28-24-20-16-4)44-40-36-32-30-26-22-18-14-2/h45-48,51-52H,13-44,49-50H2,1-12H3. The van der Waals surface area contributed by atoms with Gasteiger partial charge in [0.1, 0.15) is 0 Å². The molecular weight excluding hydrogens is 1000 g/mol. The lowest BCUT2D eigenvalue weighted by Crippen LogP contribution is -2.41. The SMILES string of the molecule is CCCCCCCCCCC(CCCCCCCC)CN1C(=O)C2=C(c3ccc(B4OC(C)(C)C(C)(C)O4)s3)N(CC(CCCCCCCC)CCCCCCCCCC)C(=O)C2=C1c1ccc(B2OC(C)(C)C(C)(C)O2)s1. The Labute approximate surface area is 486 Å². The molecule has 0 radical (unpaired) electrons. The highest BCUT2D eigenvalue weighted by Gasteiger charge is 2.55. The van der Waals surface area contributed by atoms with Gasteiger partial charge in [0.2, 0.25) is 0 Å². The van der Waals surface area contributed by atoms with Crippen molar-refractivity contribution in [3.05, 3.63) is 45.2 Å². The average Bonchev–Trinajstić information content (AvgIpc) is 4.44. The van der Waals surface area contributed by atoms with Crippen LogP contribution in [0.15, 0.2) is 35.4 Å². The maximum atomic E-state index is 16.1. The molecule has 0 saturated carbocycles. The summed E-state index contributed by atoms with van der Waals surface area (Å²) in [4.78, 5) is 38.2. The lowest BCUT2D eigenvalue weighted by molar-refractivity contribution is -0.124. The zero-order valence-corrected chi connectivity index (χ0v) is 53.5. The maximum absolute atomic E-state index is 16.1. The normalized spacial score (nSPS) is 19.4. The highest BCUT2D eigenvalue weighted by Crippen LogP contribution is 2.50. The molecule has 2 atom stereocenters. The molecule has 8 nitrogen and oxygen atoms in total. The molecule has 2 unspecified atom stereocenters. The van der Waals surface area contributed by atoms with Gasteiger partial charge in [0, 0.05) is 22.6 Å². The molecule has 2 aromatic heterocycles. The molecule has 0 aliphatic carbocycles. The van der Waals surface area contributed by atoms with E-state index in [0.717, 1.165) is 56.4 Å². The highest BCUT2D eigenvalue weighted by atomic mass is 32.1. The Kier molecular flexibility index (Phi) is 26.2. The van der Waals surface area contributed by atoms with E-state index in [-0.39, 0.29) is 11.8 Å². The Morgan fingerprint density at radius 2 is 0.628 bits per heavy atom. The van der Waals surface area contributed by atoms with Crippen molar-refractivity contribution in [2.75, 3.05) is 13.1 Å². The van der Waals surface area contributed by atoms with Gasteiger partial charge in [0.05, 0.1) is 54.7 Å². The van der Waals surface area contributed by atoms with E-state index in [1.165, 1.54) is 180 Å². The first-order valence-corrected chi connectivity index (χ1v) is 34.1. The number of amides is 2. The molecular formula is C66H110B2N2O6S2. The van der Waals surface area contributed by atoms with Crippen molar-refractivity contribution in [3.8, 4) is 0 Å². The molecule has 4 aliphatic heterocycles. The summed E-state index contributed by atoms with van der Waals surface area (Å²) >= 11 is 3.24. The van der Waals surface area contributed by atoms with Crippen molar-refractivity contribution in [2.45, 2.75) is 311 Å². The van der Waals surface area contributed by atoms with Crippen LogP contribution in [0.4, 0.5) is 0 Å². The molecule has 2 aromatic rings. The molecule has 2 amide bonds. The summed E-state index contributed by atoms with van der Waals surface area (Å²) in [7, 11) is -1.07. The van der Waals surface area contributed by atoms with Gasteiger partial charge in [0.25, 0.3) is 11.8 Å². The fourth-order valence-electron chi connectivity index (χ4n) is 12.1. The van der Waals surface area contributed by atoms with Gasteiger partial charge in [-0.05, 0) is 105 Å². The number of nitrogens with zero attached hydrogens (tertiary/aromatic N) is 2. The highest BCUT2D eigenvalue weighted by molar-refractivity contribution is 7.23. The minimum atomic E-state index is -0.535. The van der Waals surface area contributed by atoms with Gasteiger partial charge in [-0.15, -0.1) is 22.7 Å². The minimum Gasteiger partial charge on any atom is -0.399 e. The van der Waals surface area contributed by atoms with Crippen LogP contribution in [-0.2, 0) is 28.2 Å². The van der Waals surface area contributed by atoms with Crippen LogP contribution in [0.5, 0.6) is 0 Å². The Hall–Kier alpha value is -2.21. The van der Waals surface area contributed by atoms with Crippen molar-refractivity contribution in [2.24, 2.45) is 11.8 Å². The summed E-state index contributed by atoms with van der Waals surface area (Å²) in [5.74, 6) is 0.609. The number of thiophene rings is 2. The number of unbranched alkanes of at least 4 members (excludes halogenated alkanes) is 24. The first-order valence-electron chi connectivity index (χ1n) is 32.4. The summed E-state index contributed by atoms with van der Waals surface area (Å²) in [5, 5.41) is 0. The smallest absolute Gasteiger partial charge is 0.399 e. The van der Waals surface area contributed by atoms with E-state index in [0.29, 0.717) is 36.1 Å². The quantitative estimate of drug-likeness (QED) is 0.0489. The first-order chi connectivity index (χ1) is 37.4. The van der Waals surface area contributed by atoms with Gasteiger partial charge >= 0.3 is 14.2 Å². The van der Waals surface area contributed by atoms with Crippen molar-refractivity contribution >= 4 is 69.7 Å².